The van der Waals surface area contributed by atoms with E-state index in [1.807, 2.05) is 24.3 Å². The highest BCUT2D eigenvalue weighted by Gasteiger charge is 2.39. The number of methoxy groups -OCH3 is 2. The molecule has 3 amide bonds. The number of hydrogen-bond acceptors (Lipinski definition) is 14. The lowest BCUT2D eigenvalue weighted by molar-refractivity contribution is -0.136. The Bertz CT molecular complexity index is 2640. The lowest BCUT2D eigenvalue weighted by atomic mass is 9.99. The first kappa shape index (κ1) is 41.0. The number of sulfonamides is 1. The molecule has 19 heteroatoms. The smallest absolute Gasteiger partial charge is 0.255 e. The molecule has 17 nitrogen and oxygen atoms in total. The standard InChI is InChI=1S/C45H55ClN10O7S/c1-5-29-24-35(49-45-47-26-33(46)42(51-45)48-34-7-6-8-38(62-2)41(34)52-64(4,60)61)39(63-3)25-37(29)55-17-14-31(15-18-55)54-21-19-53(20-22-54)16-13-28-9-10-32-30(23-28)27-56(44(32)59)36-11-12-40(57)50-43(36)58/h6-10,23-26,31,36,52H,5,11-22,27H2,1-4H3,(H,50,57,58)(H2,47,48,49,51)/i2D3. The molecule has 0 radical (unpaired) electrons. The number of carbonyl (C=O) groups is 3. The van der Waals surface area contributed by atoms with Gasteiger partial charge in [-0.05, 0) is 73.1 Å². The SMILES string of the molecule is [2H]C([2H])([2H])Oc1cccc(Nc2nc(Nc3cc(CC)c(N4CCC(N5CCN(CCc6ccc7c(c6)CN(C6CCC(=O)NC6=O)C7=O)CC5)CC4)cc3OC)ncc2Cl)c1NS(C)(=O)=O. The number of piperidine rings is 2. The van der Waals surface area contributed by atoms with Gasteiger partial charge in [-0.3, -0.25) is 29.3 Å². The number of carbonyl (C=O) groups excluding carboxylic acids is 3. The molecular weight excluding hydrogens is 860 g/mol. The molecule has 3 aromatic carbocycles. The molecule has 4 N–H and O–H groups in total. The first-order chi connectivity index (χ1) is 31.9. The molecule has 8 rings (SSSR count). The molecule has 0 aliphatic carbocycles. The van der Waals surface area contributed by atoms with Crippen LogP contribution in [0.25, 0.3) is 0 Å². The van der Waals surface area contributed by atoms with Crippen LogP contribution in [0, 0.1) is 0 Å². The molecular formula is C45H55ClN10O7S. The number of aromatic nitrogens is 2. The highest BCUT2D eigenvalue weighted by atomic mass is 35.5. The summed E-state index contributed by atoms with van der Waals surface area (Å²) in [7, 11) is -5.09. The zero-order valence-electron chi connectivity index (χ0n) is 39.1. The number of piperazine rings is 1. The molecule has 3 fully saturated rings. The van der Waals surface area contributed by atoms with Gasteiger partial charge in [-0.15, -0.1) is 0 Å². The van der Waals surface area contributed by atoms with Crippen LogP contribution in [-0.4, -0.2) is 129 Å². The first-order valence-electron chi connectivity index (χ1n) is 23.0. The summed E-state index contributed by atoms with van der Waals surface area (Å²) in [6.45, 7) is 9.22. The van der Waals surface area contributed by atoms with E-state index in [4.69, 9.17) is 25.2 Å². The normalized spacial score (nSPS) is 19.7. The number of benzene rings is 3. The zero-order chi connectivity index (χ0) is 47.6. The van der Waals surface area contributed by atoms with Crippen molar-refractivity contribution in [2.75, 3.05) is 86.5 Å². The van der Waals surface area contributed by atoms with Crippen LogP contribution in [0.1, 0.15) is 63.8 Å². The van der Waals surface area contributed by atoms with Crippen molar-refractivity contribution in [3.05, 3.63) is 82.0 Å². The second kappa shape index (κ2) is 19.2. The summed E-state index contributed by atoms with van der Waals surface area (Å²) in [4.78, 5) is 55.4. The van der Waals surface area contributed by atoms with Crippen molar-refractivity contribution in [1.82, 2.24) is 30.0 Å². The highest BCUT2D eigenvalue weighted by Crippen LogP contribution is 2.39. The Balaban J connectivity index is 0.852. The predicted molar refractivity (Wildman–Crippen MR) is 247 cm³/mol. The van der Waals surface area contributed by atoms with E-state index in [1.165, 1.54) is 30.0 Å². The van der Waals surface area contributed by atoms with Gasteiger partial charge in [-0.1, -0.05) is 36.7 Å². The third-order valence-corrected chi connectivity index (χ3v) is 13.3. The van der Waals surface area contributed by atoms with Gasteiger partial charge in [0.25, 0.3) is 5.91 Å². The Morgan fingerprint density at radius 1 is 0.953 bits per heavy atom. The van der Waals surface area contributed by atoms with Gasteiger partial charge in [-0.25, -0.2) is 13.4 Å². The first-order valence-corrected chi connectivity index (χ1v) is 23.8. The molecule has 0 saturated carbocycles. The number of para-hydroxylation sites is 1. The van der Waals surface area contributed by atoms with Gasteiger partial charge in [0.15, 0.2) is 5.82 Å². The van der Waals surface area contributed by atoms with Crippen LogP contribution in [0.5, 0.6) is 11.5 Å². The van der Waals surface area contributed by atoms with Crippen molar-refractivity contribution < 1.29 is 36.4 Å². The average Bonchev–Trinajstić information content (AvgIpc) is 3.61. The van der Waals surface area contributed by atoms with E-state index in [1.54, 1.807) is 12.0 Å². The second-order valence-corrected chi connectivity index (χ2v) is 18.7. The van der Waals surface area contributed by atoms with E-state index < -0.39 is 29.0 Å². The van der Waals surface area contributed by atoms with Gasteiger partial charge in [-0.2, -0.15) is 4.98 Å². The fourth-order valence-electron chi connectivity index (χ4n) is 9.13. The topological polar surface area (TPSA) is 191 Å². The van der Waals surface area contributed by atoms with Gasteiger partial charge in [0.2, 0.25) is 27.8 Å². The average molecular weight is 919 g/mol. The summed E-state index contributed by atoms with van der Waals surface area (Å²) in [5, 5.41) is 8.74. The van der Waals surface area contributed by atoms with Gasteiger partial charge >= 0.3 is 0 Å². The van der Waals surface area contributed by atoms with Crippen LogP contribution in [-0.2, 0) is 39.0 Å². The highest BCUT2D eigenvalue weighted by molar-refractivity contribution is 7.92. The lowest BCUT2D eigenvalue weighted by Crippen LogP contribution is -2.53. The molecule has 3 saturated heterocycles. The number of halogens is 1. The predicted octanol–water partition coefficient (Wildman–Crippen LogP) is 5.16. The third kappa shape index (κ3) is 9.99. The van der Waals surface area contributed by atoms with Gasteiger partial charge in [0.1, 0.15) is 28.3 Å². The van der Waals surface area contributed by atoms with Crippen molar-refractivity contribution in [2.24, 2.45) is 0 Å². The summed E-state index contributed by atoms with van der Waals surface area (Å²) >= 11 is 6.50. The quantitative estimate of drug-likeness (QED) is 0.115. The van der Waals surface area contributed by atoms with Crippen molar-refractivity contribution >= 4 is 73.9 Å². The Hall–Kier alpha value is -5.69. The molecule has 5 heterocycles. The van der Waals surface area contributed by atoms with Crippen molar-refractivity contribution in [3.8, 4) is 11.5 Å². The van der Waals surface area contributed by atoms with Gasteiger partial charge in [0, 0.05) is 82.1 Å². The number of imide groups is 1. The third-order valence-electron chi connectivity index (χ3n) is 12.5. The Morgan fingerprint density at radius 3 is 2.47 bits per heavy atom. The Morgan fingerprint density at radius 2 is 1.75 bits per heavy atom. The van der Waals surface area contributed by atoms with Crippen molar-refractivity contribution in [2.45, 2.75) is 64.1 Å². The maximum Gasteiger partial charge on any atom is 0.255 e. The largest absolute Gasteiger partial charge is 0.494 e. The summed E-state index contributed by atoms with van der Waals surface area (Å²) in [5.74, 6) is -0.166. The minimum Gasteiger partial charge on any atom is -0.494 e. The van der Waals surface area contributed by atoms with Crippen molar-refractivity contribution in [1.29, 1.82) is 0 Å². The Labute approximate surface area is 383 Å². The molecule has 64 heavy (non-hydrogen) atoms. The monoisotopic (exact) mass is 917 g/mol. The molecule has 1 atom stereocenters. The number of anilines is 6. The van der Waals surface area contributed by atoms with Crippen LogP contribution in [0.2, 0.25) is 5.02 Å². The van der Waals surface area contributed by atoms with E-state index in [-0.39, 0.29) is 52.1 Å². The molecule has 4 aromatic rings. The van der Waals surface area contributed by atoms with Gasteiger partial charge in [0.05, 0.1) is 42.1 Å². The zero-order valence-corrected chi connectivity index (χ0v) is 37.7. The number of fused-ring (bicyclic) bond motifs is 1. The molecule has 1 aromatic heterocycles. The summed E-state index contributed by atoms with van der Waals surface area (Å²) in [6.07, 6.45) is 6.63. The number of nitrogens with one attached hydrogen (secondary N) is 4. The molecule has 1 unspecified atom stereocenters. The van der Waals surface area contributed by atoms with Gasteiger partial charge < -0.3 is 34.8 Å². The fourth-order valence-corrected chi connectivity index (χ4v) is 9.85. The molecule has 4 aliphatic heterocycles. The summed E-state index contributed by atoms with van der Waals surface area (Å²) in [6, 6.07) is 14.3. The number of hydrogen-bond donors (Lipinski definition) is 4. The van der Waals surface area contributed by atoms with Crippen LogP contribution >= 0.6 is 11.6 Å². The number of nitrogens with zero attached hydrogens (tertiary/aromatic N) is 6. The summed E-state index contributed by atoms with van der Waals surface area (Å²) in [5.41, 5.74) is 5.62. The molecule has 0 bridgehead atoms. The van der Waals surface area contributed by atoms with E-state index in [0.29, 0.717) is 36.0 Å². The summed E-state index contributed by atoms with van der Waals surface area (Å²) < 4.78 is 60.5. The number of aryl methyl sites for hydroxylation is 1. The van der Waals surface area contributed by atoms with Crippen LogP contribution in [0.15, 0.2) is 54.7 Å². The number of amides is 3. The molecule has 4 aliphatic rings. The van der Waals surface area contributed by atoms with E-state index >= 15 is 0 Å². The minimum atomic E-state index is -3.85. The molecule has 0 spiro atoms. The fraction of sp³-hybridized carbons (Fsp3) is 0.444. The second-order valence-electron chi connectivity index (χ2n) is 16.6. The maximum atomic E-state index is 13.1. The lowest BCUT2D eigenvalue weighted by Gasteiger charge is -2.43. The van der Waals surface area contributed by atoms with E-state index in [2.05, 4.69) is 58.3 Å². The minimum absolute atomic E-state index is 0.120. The van der Waals surface area contributed by atoms with E-state index in [9.17, 15) is 22.8 Å². The van der Waals surface area contributed by atoms with Crippen molar-refractivity contribution in [3.63, 3.8) is 0 Å². The number of rotatable bonds is 15. The Kier molecular flexibility index (Phi) is 12.3. The van der Waals surface area contributed by atoms with Crippen LogP contribution in [0.3, 0.4) is 0 Å². The van der Waals surface area contributed by atoms with Crippen LogP contribution in [0.4, 0.5) is 34.5 Å². The van der Waals surface area contributed by atoms with Crippen LogP contribution < -0.4 is 35.0 Å². The number of ether oxygens (including phenoxy) is 2. The molecule has 340 valence electrons. The maximum absolute atomic E-state index is 13.1. The van der Waals surface area contributed by atoms with E-state index in [0.717, 1.165) is 94.6 Å².